The SMILES string of the molecule is C1CCNNC1.CCOC(=O)C(=C(Cl)Cl)c1cc(F)ccc1F.O=c1c(-c2cc(F)ccc2F)c(Cl)n2n1CCCC2. The summed E-state index contributed by atoms with van der Waals surface area (Å²) < 4.78 is 60.8. The summed E-state index contributed by atoms with van der Waals surface area (Å²) >= 11 is 17.1. The molecule has 228 valence electrons. The highest BCUT2D eigenvalue weighted by Crippen LogP contribution is 2.30. The average Bonchev–Trinajstić information content (AvgIpc) is 3.23. The van der Waals surface area contributed by atoms with Gasteiger partial charge >= 0.3 is 5.97 Å². The number of carbonyl (C=O) groups is 1. The van der Waals surface area contributed by atoms with Crippen LogP contribution in [0.25, 0.3) is 16.7 Å². The number of rotatable bonds is 4. The number of fused-ring (bicyclic) bond motifs is 1. The number of aromatic nitrogens is 2. The van der Waals surface area contributed by atoms with Gasteiger partial charge in [0.05, 0.1) is 12.2 Å². The average molecular weight is 652 g/mol. The van der Waals surface area contributed by atoms with E-state index in [1.807, 2.05) is 0 Å². The molecule has 1 fully saturated rings. The lowest BCUT2D eigenvalue weighted by atomic mass is 10.1. The molecule has 0 bridgehead atoms. The molecule has 1 saturated heterocycles. The van der Waals surface area contributed by atoms with Gasteiger partial charge in [-0.1, -0.05) is 34.8 Å². The molecule has 2 aliphatic heterocycles. The Morgan fingerprint density at radius 3 is 1.98 bits per heavy atom. The zero-order chi connectivity index (χ0) is 30.8. The van der Waals surface area contributed by atoms with Crippen LogP contribution in [0.1, 0.15) is 38.2 Å². The van der Waals surface area contributed by atoms with Crippen molar-refractivity contribution in [1.29, 1.82) is 0 Å². The Balaban J connectivity index is 0.000000194. The highest BCUT2D eigenvalue weighted by molar-refractivity contribution is 6.61. The second-order valence-electron chi connectivity index (χ2n) is 9.09. The molecule has 3 heterocycles. The summed E-state index contributed by atoms with van der Waals surface area (Å²) in [7, 11) is 0. The number of hydrogen-bond acceptors (Lipinski definition) is 5. The second-order valence-corrected chi connectivity index (χ2v) is 10.4. The minimum Gasteiger partial charge on any atom is -0.462 e. The maximum absolute atomic E-state index is 13.8. The van der Waals surface area contributed by atoms with Gasteiger partial charge in [-0.3, -0.25) is 20.3 Å². The fourth-order valence-corrected chi connectivity index (χ4v) is 4.94. The fraction of sp³-hybridized carbons (Fsp3) is 0.357. The number of ether oxygens (including phenoxy) is 1. The van der Waals surface area contributed by atoms with Gasteiger partial charge in [0.2, 0.25) is 0 Å². The van der Waals surface area contributed by atoms with E-state index in [9.17, 15) is 27.2 Å². The molecule has 2 N–H and O–H groups in total. The molecule has 0 amide bonds. The Morgan fingerprint density at radius 1 is 0.881 bits per heavy atom. The number of nitrogens with zero attached hydrogens (tertiary/aromatic N) is 2. The smallest absolute Gasteiger partial charge is 0.341 e. The molecule has 3 aromatic rings. The third-order valence-electron chi connectivity index (χ3n) is 6.21. The van der Waals surface area contributed by atoms with Gasteiger partial charge in [-0.2, -0.15) is 0 Å². The maximum atomic E-state index is 13.8. The molecule has 2 aromatic carbocycles. The van der Waals surface area contributed by atoms with Crippen molar-refractivity contribution in [2.45, 2.75) is 45.7 Å². The van der Waals surface area contributed by atoms with Crippen molar-refractivity contribution < 1.29 is 27.1 Å². The largest absolute Gasteiger partial charge is 0.462 e. The lowest BCUT2D eigenvalue weighted by Crippen LogP contribution is -2.37. The fourth-order valence-electron chi connectivity index (χ4n) is 4.23. The molecule has 0 radical (unpaired) electrons. The van der Waals surface area contributed by atoms with Crippen molar-refractivity contribution >= 4 is 46.3 Å². The summed E-state index contributed by atoms with van der Waals surface area (Å²) in [5, 5.41) is 0.175. The second kappa shape index (κ2) is 16.1. The molecular formula is C28H29Cl3F4N4O3. The molecule has 0 spiro atoms. The molecule has 1 aromatic heterocycles. The third-order valence-corrected chi connectivity index (χ3v) is 6.97. The number of hydrogen-bond donors (Lipinski definition) is 2. The molecule has 42 heavy (non-hydrogen) atoms. The minimum absolute atomic E-state index is 0.0422. The van der Waals surface area contributed by atoms with Gasteiger partial charge in [0.1, 0.15) is 38.5 Å². The highest BCUT2D eigenvalue weighted by Gasteiger charge is 2.24. The Kier molecular flexibility index (Phi) is 12.9. The summed E-state index contributed by atoms with van der Waals surface area (Å²) in [6.45, 7) is 5.08. The zero-order valence-corrected chi connectivity index (χ0v) is 24.9. The van der Waals surface area contributed by atoms with Crippen LogP contribution in [0.3, 0.4) is 0 Å². The van der Waals surface area contributed by atoms with E-state index in [1.54, 1.807) is 11.6 Å². The van der Waals surface area contributed by atoms with Crippen molar-refractivity contribution in [3.63, 3.8) is 0 Å². The van der Waals surface area contributed by atoms with Crippen molar-refractivity contribution in [3.8, 4) is 11.1 Å². The number of esters is 1. The summed E-state index contributed by atoms with van der Waals surface area (Å²) in [6, 6.07) is 5.64. The molecule has 2 aliphatic rings. The number of carbonyl (C=O) groups excluding carboxylic acids is 1. The van der Waals surface area contributed by atoms with Gasteiger partial charge in [-0.25, -0.2) is 27.0 Å². The number of halogens is 7. The van der Waals surface area contributed by atoms with E-state index in [2.05, 4.69) is 15.6 Å². The van der Waals surface area contributed by atoms with Gasteiger partial charge in [0.15, 0.2) is 0 Å². The number of nitrogens with one attached hydrogen (secondary N) is 2. The van der Waals surface area contributed by atoms with Crippen LogP contribution in [-0.4, -0.2) is 35.0 Å². The van der Waals surface area contributed by atoms with Crippen molar-refractivity contribution in [1.82, 2.24) is 20.2 Å². The summed E-state index contributed by atoms with van der Waals surface area (Å²) in [6.07, 6.45) is 4.45. The first kappa shape index (κ1) is 33.7. The van der Waals surface area contributed by atoms with E-state index in [0.29, 0.717) is 13.1 Å². The van der Waals surface area contributed by atoms with E-state index >= 15 is 0 Å². The van der Waals surface area contributed by atoms with Crippen LogP contribution in [0, 0.1) is 23.3 Å². The molecule has 0 aliphatic carbocycles. The first-order valence-corrected chi connectivity index (χ1v) is 14.3. The number of hydrazine groups is 1. The topological polar surface area (TPSA) is 77.3 Å². The zero-order valence-electron chi connectivity index (χ0n) is 22.6. The molecule has 14 heteroatoms. The van der Waals surface area contributed by atoms with E-state index in [-0.39, 0.29) is 34.0 Å². The van der Waals surface area contributed by atoms with Crippen LogP contribution in [0.5, 0.6) is 0 Å². The Morgan fingerprint density at radius 2 is 1.45 bits per heavy atom. The lowest BCUT2D eigenvalue weighted by molar-refractivity contribution is -0.136. The van der Waals surface area contributed by atoms with Crippen LogP contribution in [-0.2, 0) is 22.6 Å². The van der Waals surface area contributed by atoms with E-state index < -0.39 is 39.3 Å². The third kappa shape index (κ3) is 8.61. The minimum atomic E-state index is -0.906. The van der Waals surface area contributed by atoms with Gasteiger partial charge in [0, 0.05) is 37.3 Å². The Hall–Kier alpha value is -2.83. The predicted molar refractivity (Wildman–Crippen MR) is 155 cm³/mol. The molecule has 0 atom stereocenters. The first-order chi connectivity index (χ1) is 20.1. The van der Waals surface area contributed by atoms with Gasteiger partial charge in [-0.05, 0) is 69.0 Å². The van der Waals surface area contributed by atoms with Gasteiger partial charge < -0.3 is 4.74 Å². The monoisotopic (exact) mass is 650 g/mol. The van der Waals surface area contributed by atoms with Crippen LogP contribution >= 0.6 is 34.8 Å². The van der Waals surface area contributed by atoms with Crippen LogP contribution < -0.4 is 16.4 Å². The van der Waals surface area contributed by atoms with Crippen LogP contribution in [0.15, 0.2) is 45.7 Å². The first-order valence-electron chi connectivity index (χ1n) is 13.1. The van der Waals surface area contributed by atoms with E-state index in [1.165, 1.54) is 17.5 Å². The van der Waals surface area contributed by atoms with Crippen LogP contribution in [0.2, 0.25) is 5.15 Å². The maximum Gasteiger partial charge on any atom is 0.341 e. The summed E-state index contributed by atoms with van der Waals surface area (Å²) in [5.41, 5.74) is 4.94. The van der Waals surface area contributed by atoms with Gasteiger partial charge in [0.25, 0.3) is 5.56 Å². The van der Waals surface area contributed by atoms with Crippen molar-refractivity contribution in [2.75, 3.05) is 19.7 Å². The summed E-state index contributed by atoms with van der Waals surface area (Å²) in [4.78, 5) is 23.8. The number of benzene rings is 2. The summed E-state index contributed by atoms with van der Waals surface area (Å²) in [5.74, 6) is -3.67. The van der Waals surface area contributed by atoms with Crippen LogP contribution in [0.4, 0.5) is 17.6 Å². The predicted octanol–water partition coefficient (Wildman–Crippen LogP) is 6.59. The lowest BCUT2D eigenvalue weighted by Gasteiger charge is -2.17. The standard InChI is InChI=1S/C13H11ClF2N2O.C11H8Cl2F2O2.C4H10N2/c14-12-11(9-7-8(15)3-4-10(9)16)13(19)18-6-2-1-5-17(12)18;1-2-17-11(16)9(10(12)13)7-5-6(14)3-4-8(7)15;1-2-4-6-5-3-1/h3-4,7H,1-2,5-6H2;3-5H,2H2,1H3;5-6H,1-4H2. The van der Waals surface area contributed by atoms with Crippen molar-refractivity contribution in [2.24, 2.45) is 0 Å². The Labute approximate surface area is 254 Å². The van der Waals surface area contributed by atoms with E-state index in [4.69, 9.17) is 34.8 Å². The molecule has 5 rings (SSSR count). The molecule has 7 nitrogen and oxygen atoms in total. The van der Waals surface area contributed by atoms with Gasteiger partial charge in [-0.15, -0.1) is 0 Å². The molecule has 0 unspecified atom stereocenters. The molecule has 0 saturated carbocycles. The highest BCUT2D eigenvalue weighted by atomic mass is 35.5. The normalized spacial score (nSPS) is 14.0. The Bertz CT molecular complexity index is 1470. The van der Waals surface area contributed by atoms with Crippen molar-refractivity contribution in [3.05, 3.63) is 85.2 Å². The molecular weight excluding hydrogens is 623 g/mol. The quantitative estimate of drug-likeness (QED) is 0.189. The van der Waals surface area contributed by atoms with E-state index in [0.717, 1.165) is 62.3 Å².